The molecule has 0 bridgehead atoms. The fourth-order valence-electron chi connectivity index (χ4n) is 1.46. The predicted octanol–water partition coefficient (Wildman–Crippen LogP) is 1.25. The molecule has 4 nitrogen and oxygen atoms in total. The van der Waals surface area contributed by atoms with Gasteiger partial charge in [0.1, 0.15) is 0 Å². The van der Waals surface area contributed by atoms with Crippen LogP contribution in [0, 0.1) is 0 Å². The lowest BCUT2D eigenvalue weighted by Crippen LogP contribution is -2.35. The largest absolute Gasteiger partial charge is 0.388 e. The minimum absolute atomic E-state index is 0.0733. The third-order valence-corrected chi connectivity index (χ3v) is 4.49. The van der Waals surface area contributed by atoms with Crippen molar-refractivity contribution >= 4 is 9.84 Å². The third-order valence-electron chi connectivity index (χ3n) is 2.74. The molecule has 0 spiro atoms. The van der Waals surface area contributed by atoms with Crippen molar-refractivity contribution in [3.05, 3.63) is 29.8 Å². The Morgan fingerprint density at radius 2 is 1.76 bits per heavy atom. The molecule has 1 aromatic rings. The molecular weight excluding hydrogens is 238 g/mol. The number of rotatable bonds is 4. The van der Waals surface area contributed by atoms with Crippen molar-refractivity contribution < 1.29 is 13.5 Å². The van der Waals surface area contributed by atoms with E-state index in [-0.39, 0.29) is 10.6 Å². The molecule has 0 amide bonds. The zero-order valence-corrected chi connectivity index (χ0v) is 11.2. The number of hydrogen-bond donors (Lipinski definition) is 2. The Hall–Kier alpha value is -0.910. The molecule has 0 fully saturated rings. The van der Waals surface area contributed by atoms with Crippen LogP contribution in [0.2, 0.25) is 0 Å². The first kappa shape index (κ1) is 14.2. The average Bonchev–Trinajstić information content (AvgIpc) is 2.27. The van der Waals surface area contributed by atoms with E-state index in [0.717, 1.165) is 0 Å². The van der Waals surface area contributed by atoms with Gasteiger partial charge in [-0.2, -0.15) is 0 Å². The van der Waals surface area contributed by atoms with Gasteiger partial charge in [0.2, 0.25) is 0 Å². The molecule has 0 aromatic heterocycles. The Morgan fingerprint density at radius 1 is 1.29 bits per heavy atom. The van der Waals surface area contributed by atoms with Gasteiger partial charge in [-0.15, -0.1) is 0 Å². The lowest BCUT2D eigenvalue weighted by molar-refractivity contribution is 0.0517. The quantitative estimate of drug-likeness (QED) is 0.850. The van der Waals surface area contributed by atoms with Gasteiger partial charge in [-0.25, -0.2) is 8.42 Å². The van der Waals surface area contributed by atoms with E-state index < -0.39 is 21.5 Å². The molecule has 5 heteroatoms. The van der Waals surface area contributed by atoms with Gasteiger partial charge in [-0.1, -0.05) is 19.1 Å². The van der Waals surface area contributed by atoms with Crippen LogP contribution in [0.25, 0.3) is 0 Å². The maximum absolute atomic E-state index is 11.6. The van der Waals surface area contributed by atoms with E-state index in [1.807, 2.05) is 0 Å². The Bertz CT molecular complexity index is 471. The molecule has 1 atom stereocenters. The highest BCUT2D eigenvalue weighted by Gasteiger charge is 2.24. The number of aliphatic hydroxyl groups is 1. The first-order valence-corrected chi connectivity index (χ1v) is 7.14. The topological polar surface area (TPSA) is 80.4 Å². The van der Waals surface area contributed by atoms with E-state index in [2.05, 4.69) is 0 Å². The maximum atomic E-state index is 11.6. The summed E-state index contributed by atoms with van der Waals surface area (Å²) >= 11 is 0. The van der Waals surface area contributed by atoms with Crippen molar-refractivity contribution in [2.24, 2.45) is 5.73 Å². The Balaban J connectivity index is 3.05. The normalized spacial score (nSPS) is 14.6. The van der Waals surface area contributed by atoms with E-state index in [9.17, 15) is 13.5 Å². The van der Waals surface area contributed by atoms with Crippen molar-refractivity contribution in [2.75, 3.05) is 5.75 Å². The summed E-state index contributed by atoms with van der Waals surface area (Å²) in [6.45, 7) is 4.84. The standard InChI is InChI=1S/C12H19NO3S/c1-4-17(15,16)10-7-5-9(6-8-10)11(13)12(2,3)14/h5-8,11,14H,4,13H2,1-3H3. The Morgan fingerprint density at radius 3 is 2.12 bits per heavy atom. The van der Waals surface area contributed by atoms with E-state index in [1.54, 1.807) is 32.9 Å². The first-order valence-electron chi connectivity index (χ1n) is 5.49. The van der Waals surface area contributed by atoms with Crippen LogP contribution in [0.5, 0.6) is 0 Å². The van der Waals surface area contributed by atoms with Crippen molar-refractivity contribution in [1.82, 2.24) is 0 Å². The van der Waals surface area contributed by atoms with Crippen LogP contribution >= 0.6 is 0 Å². The van der Waals surface area contributed by atoms with Gasteiger partial charge in [0.15, 0.2) is 9.84 Å². The van der Waals surface area contributed by atoms with Gasteiger partial charge in [0.25, 0.3) is 0 Å². The monoisotopic (exact) mass is 257 g/mol. The minimum Gasteiger partial charge on any atom is -0.388 e. The molecule has 0 aliphatic heterocycles. The molecule has 0 radical (unpaired) electrons. The highest BCUT2D eigenvalue weighted by Crippen LogP contribution is 2.24. The van der Waals surface area contributed by atoms with Crippen LogP contribution in [-0.2, 0) is 9.84 Å². The molecule has 0 aliphatic rings. The second-order valence-corrected chi connectivity index (χ2v) is 6.88. The lowest BCUT2D eigenvalue weighted by Gasteiger charge is -2.26. The van der Waals surface area contributed by atoms with Gasteiger partial charge in [0.05, 0.1) is 22.3 Å². The molecule has 0 heterocycles. The van der Waals surface area contributed by atoms with Crippen molar-refractivity contribution in [1.29, 1.82) is 0 Å². The molecule has 1 aromatic carbocycles. The Kier molecular flexibility index (Phi) is 3.96. The van der Waals surface area contributed by atoms with Gasteiger partial charge in [-0.05, 0) is 31.5 Å². The highest BCUT2D eigenvalue weighted by molar-refractivity contribution is 7.91. The van der Waals surface area contributed by atoms with Crippen LogP contribution in [0.3, 0.4) is 0 Å². The zero-order valence-electron chi connectivity index (χ0n) is 10.3. The second kappa shape index (κ2) is 4.76. The van der Waals surface area contributed by atoms with E-state index >= 15 is 0 Å². The van der Waals surface area contributed by atoms with Gasteiger partial charge >= 0.3 is 0 Å². The van der Waals surface area contributed by atoms with Crippen LogP contribution in [0.1, 0.15) is 32.4 Å². The molecule has 0 saturated heterocycles. The summed E-state index contributed by atoms with van der Waals surface area (Å²) in [6, 6.07) is 5.80. The summed E-state index contributed by atoms with van der Waals surface area (Å²) in [5.41, 5.74) is 5.54. The molecule has 0 saturated carbocycles. The summed E-state index contributed by atoms with van der Waals surface area (Å²) in [5, 5.41) is 9.77. The smallest absolute Gasteiger partial charge is 0.178 e. The van der Waals surface area contributed by atoms with Crippen LogP contribution in [0.15, 0.2) is 29.2 Å². The molecule has 17 heavy (non-hydrogen) atoms. The van der Waals surface area contributed by atoms with Crippen molar-refractivity contribution in [3.8, 4) is 0 Å². The average molecular weight is 257 g/mol. The molecule has 0 aliphatic carbocycles. The fraction of sp³-hybridized carbons (Fsp3) is 0.500. The molecular formula is C12H19NO3S. The number of nitrogens with two attached hydrogens (primary N) is 1. The van der Waals surface area contributed by atoms with Gasteiger partial charge < -0.3 is 10.8 Å². The maximum Gasteiger partial charge on any atom is 0.178 e. The van der Waals surface area contributed by atoms with E-state index in [0.29, 0.717) is 5.56 Å². The number of sulfone groups is 1. The van der Waals surface area contributed by atoms with Crippen molar-refractivity contribution in [2.45, 2.75) is 37.3 Å². The predicted molar refractivity (Wildman–Crippen MR) is 67.4 cm³/mol. The minimum atomic E-state index is -3.18. The van der Waals surface area contributed by atoms with E-state index in [1.165, 1.54) is 12.1 Å². The highest BCUT2D eigenvalue weighted by atomic mass is 32.2. The molecule has 96 valence electrons. The van der Waals surface area contributed by atoms with Crippen LogP contribution < -0.4 is 5.73 Å². The van der Waals surface area contributed by atoms with Gasteiger partial charge in [0, 0.05) is 0 Å². The molecule has 1 rings (SSSR count). The van der Waals surface area contributed by atoms with Crippen LogP contribution in [0.4, 0.5) is 0 Å². The van der Waals surface area contributed by atoms with Crippen molar-refractivity contribution in [3.63, 3.8) is 0 Å². The van der Waals surface area contributed by atoms with Crippen LogP contribution in [-0.4, -0.2) is 24.9 Å². The number of benzene rings is 1. The third kappa shape index (κ3) is 3.28. The van der Waals surface area contributed by atoms with Gasteiger partial charge in [-0.3, -0.25) is 0 Å². The first-order chi connectivity index (χ1) is 7.68. The summed E-state index contributed by atoms with van der Waals surface area (Å²) < 4.78 is 23.2. The lowest BCUT2D eigenvalue weighted by atomic mass is 9.93. The van der Waals surface area contributed by atoms with E-state index in [4.69, 9.17) is 5.73 Å². The fourth-order valence-corrected chi connectivity index (χ4v) is 2.34. The summed E-state index contributed by atoms with van der Waals surface area (Å²) in [7, 11) is -3.18. The summed E-state index contributed by atoms with van der Waals surface area (Å²) in [5.74, 6) is 0.0733. The summed E-state index contributed by atoms with van der Waals surface area (Å²) in [4.78, 5) is 0.284. The Labute approximate surface area is 102 Å². The summed E-state index contributed by atoms with van der Waals surface area (Å²) in [6.07, 6.45) is 0. The number of hydrogen-bond acceptors (Lipinski definition) is 4. The SMILES string of the molecule is CCS(=O)(=O)c1ccc(C(N)C(C)(C)O)cc1. The second-order valence-electron chi connectivity index (χ2n) is 4.60. The molecule has 3 N–H and O–H groups in total. The molecule has 1 unspecified atom stereocenters. The zero-order chi connectivity index (χ0) is 13.3.